The molecule has 0 spiro atoms. The second-order valence-electron chi connectivity index (χ2n) is 12.9. The zero-order valence-electron chi connectivity index (χ0n) is 29.3. The van der Waals surface area contributed by atoms with Gasteiger partial charge in [-0.2, -0.15) is 15.5 Å². The van der Waals surface area contributed by atoms with E-state index in [4.69, 9.17) is 10.5 Å². The molecule has 0 aliphatic rings. The smallest absolute Gasteiger partial charge is 0.246 e. The minimum Gasteiger partial charge on any atom is -0.246 e. The van der Waals surface area contributed by atoms with Crippen molar-refractivity contribution in [2.75, 3.05) is 0 Å². The molecule has 0 saturated heterocycles. The van der Waals surface area contributed by atoms with E-state index in [1.165, 1.54) is 6.08 Å². The first-order valence-electron chi connectivity index (χ1n) is 17.3. The zero-order chi connectivity index (χ0) is 38.3. The highest BCUT2D eigenvalue weighted by Gasteiger charge is 2.20. The fourth-order valence-corrected chi connectivity index (χ4v) is 6.34. The van der Waals surface area contributed by atoms with Crippen LogP contribution in [0.1, 0.15) is 44.5 Å². The standard InChI is InChI=1S/C45H30N6O4/c46-28-37-5-1-31(2-6-37)25-34-11-19-40(20-12-34)49-43(53)50(41-21-13-35(14-22-41)26-32-3-7-38(29-47)8-4-32)45(55)51(44(49)54)42-23-15-36(16-24-42)27-33-9-17-39(18-10-33)48-30-52/h1-24H,25-27H2. The van der Waals surface area contributed by atoms with Gasteiger partial charge >= 0.3 is 17.1 Å². The summed E-state index contributed by atoms with van der Waals surface area (Å²) in [7, 11) is 0. The number of aliphatic imine (C=N–C) groups is 1. The van der Waals surface area contributed by atoms with Crippen LogP contribution >= 0.6 is 0 Å². The molecule has 0 saturated carbocycles. The summed E-state index contributed by atoms with van der Waals surface area (Å²) in [5.41, 5.74) is 5.77. The Labute approximate surface area is 315 Å². The predicted molar refractivity (Wildman–Crippen MR) is 208 cm³/mol. The van der Waals surface area contributed by atoms with Crippen LogP contribution in [0.5, 0.6) is 0 Å². The summed E-state index contributed by atoms with van der Waals surface area (Å²) in [6.07, 6.45) is 3.22. The van der Waals surface area contributed by atoms with E-state index >= 15 is 0 Å². The molecule has 10 heteroatoms. The van der Waals surface area contributed by atoms with Gasteiger partial charge in [-0.3, -0.25) is 0 Å². The Hall–Kier alpha value is -7.91. The fourth-order valence-electron chi connectivity index (χ4n) is 6.34. The molecular formula is C45H30N6O4. The Morgan fingerprint density at radius 2 is 0.655 bits per heavy atom. The van der Waals surface area contributed by atoms with E-state index in [0.717, 1.165) is 47.1 Å². The highest BCUT2D eigenvalue weighted by molar-refractivity contribution is 5.50. The molecule has 0 bridgehead atoms. The monoisotopic (exact) mass is 718 g/mol. The first kappa shape index (κ1) is 35.5. The van der Waals surface area contributed by atoms with Crippen LogP contribution in [0.4, 0.5) is 5.69 Å². The minimum atomic E-state index is -0.817. The van der Waals surface area contributed by atoms with Gasteiger partial charge in [0.25, 0.3) is 0 Å². The quantitative estimate of drug-likeness (QED) is 0.115. The average Bonchev–Trinajstić information content (AvgIpc) is 3.21. The van der Waals surface area contributed by atoms with Gasteiger partial charge in [-0.1, -0.05) is 72.8 Å². The summed E-state index contributed by atoms with van der Waals surface area (Å²) in [5.74, 6) is 0. The van der Waals surface area contributed by atoms with E-state index in [2.05, 4.69) is 17.1 Å². The van der Waals surface area contributed by atoms with Crippen molar-refractivity contribution in [2.45, 2.75) is 19.3 Å². The van der Waals surface area contributed by atoms with Gasteiger partial charge in [0.05, 0.1) is 46.0 Å². The maximum absolute atomic E-state index is 14.2. The van der Waals surface area contributed by atoms with Crippen molar-refractivity contribution in [3.8, 4) is 29.2 Å². The highest BCUT2D eigenvalue weighted by Crippen LogP contribution is 2.18. The van der Waals surface area contributed by atoms with Crippen LogP contribution in [-0.4, -0.2) is 19.8 Å². The van der Waals surface area contributed by atoms with Crippen molar-refractivity contribution in [3.05, 3.63) is 222 Å². The van der Waals surface area contributed by atoms with E-state index in [1.54, 1.807) is 72.8 Å². The number of nitrogens with zero attached hydrogens (tertiary/aromatic N) is 6. The molecule has 0 amide bonds. The van der Waals surface area contributed by atoms with Gasteiger partial charge in [0.15, 0.2) is 0 Å². The topological polar surface area (TPSA) is 143 Å². The fraction of sp³-hybridized carbons (Fsp3) is 0.0667. The number of nitriles is 2. The lowest BCUT2D eigenvalue weighted by Crippen LogP contribution is -2.52. The molecule has 0 atom stereocenters. The van der Waals surface area contributed by atoms with Gasteiger partial charge in [-0.25, -0.2) is 32.9 Å². The average molecular weight is 719 g/mol. The summed E-state index contributed by atoms with van der Waals surface area (Å²) in [6, 6.07) is 46.9. The van der Waals surface area contributed by atoms with E-state index < -0.39 is 17.1 Å². The number of hydrogen-bond donors (Lipinski definition) is 0. The van der Waals surface area contributed by atoms with Crippen LogP contribution in [0.2, 0.25) is 0 Å². The molecule has 0 N–H and O–H groups in total. The van der Waals surface area contributed by atoms with E-state index in [0.29, 0.717) is 36.1 Å². The van der Waals surface area contributed by atoms with Crippen molar-refractivity contribution in [3.63, 3.8) is 0 Å². The lowest BCUT2D eigenvalue weighted by atomic mass is 10.0. The first-order chi connectivity index (χ1) is 26.8. The van der Waals surface area contributed by atoms with Crippen molar-refractivity contribution < 1.29 is 4.79 Å². The molecule has 7 aromatic rings. The van der Waals surface area contributed by atoms with Crippen molar-refractivity contribution in [1.82, 2.24) is 13.7 Å². The van der Waals surface area contributed by atoms with Crippen molar-refractivity contribution >= 4 is 11.8 Å². The van der Waals surface area contributed by atoms with Crippen molar-refractivity contribution in [2.24, 2.45) is 4.99 Å². The first-order valence-corrected chi connectivity index (χ1v) is 17.3. The second kappa shape index (κ2) is 15.8. The molecule has 0 unspecified atom stereocenters. The van der Waals surface area contributed by atoms with E-state index in [-0.39, 0.29) is 17.1 Å². The van der Waals surface area contributed by atoms with Gasteiger partial charge in [-0.05, 0) is 125 Å². The Bertz CT molecular complexity index is 2670. The second-order valence-corrected chi connectivity index (χ2v) is 12.9. The summed E-state index contributed by atoms with van der Waals surface area (Å²) in [5, 5.41) is 18.3. The van der Waals surface area contributed by atoms with Crippen LogP contribution in [0.15, 0.2) is 165 Å². The maximum Gasteiger partial charge on any atom is 0.345 e. The lowest BCUT2D eigenvalue weighted by molar-refractivity contribution is 0.565. The molecular weight excluding hydrogens is 689 g/mol. The predicted octanol–water partition coefficient (Wildman–Crippen LogP) is 6.62. The molecule has 1 heterocycles. The van der Waals surface area contributed by atoms with Gasteiger partial charge in [-0.15, -0.1) is 0 Å². The Kier molecular flexibility index (Phi) is 10.2. The van der Waals surface area contributed by atoms with E-state index in [9.17, 15) is 19.2 Å². The molecule has 6 aromatic carbocycles. The van der Waals surface area contributed by atoms with Crippen molar-refractivity contribution in [1.29, 1.82) is 10.5 Å². The van der Waals surface area contributed by atoms with Gasteiger partial charge in [0.2, 0.25) is 6.08 Å². The SMILES string of the molecule is N#Cc1ccc(Cc2ccc(-n3c(=O)n(-c4ccc(Cc5ccc(C#N)cc5)cc4)c(=O)n(-c4ccc(Cc5ccc(N=C=O)cc5)cc4)c3=O)cc2)cc1. The number of benzene rings is 6. The Balaban J connectivity index is 1.27. The highest BCUT2D eigenvalue weighted by atomic mass is 16.2. The Morgan fingerprint density at radius 3 is 0.909 bits per heavy atom. The molecule has 7 rings (SSSR count). The summed E-state index contributed by atoms with van der Waals surface area (Å²) < 4.78 is 2.98. The summed E-state index contributed by atoms with van der Waals surface area (Å²) >= 11 is 0. The summed E-state index contributed by atoms with van der Waals surface area (Å²) in [4.78, 5) is 56.9. The van der Waals surface area contributed by atoms with Crippen LogP contribution < -0.4 is 17.1 Å². The molecule has 1 aromatic heterocycles. The number of rotatable bonds is 10. The van der Waals surface area contributed by atoms with Gasteiger partial charge in [0, 0.05) is 0 Å². The number of aromatic nitrogens is 3. The molecule has 0 aliphatic carbocycles. The third-order valence-electron chi connectivity index (χ3n) is 9.23. The van der Waals surface area contributed by atoms with Crippen LogP contribution in [-0.2, 0) is 24.1 Å². The minimum absolute atomic E-state index is 0.284. The molecule has 0 fully saturated rings. The molecule has 10 nitrogen and oxygen atoms in total. The third-order valence-corrected chi connectivity index (χ3v) is 9.23. The normalized spacial score (nSPS) is 10.6. The largest absolute Gasteiger partial charge is 0.345 e. The lowest BCUT2D eigenvalue weighted by Gasteiger charge is -2.15. The maximum atomic E-state index is 14.2. The molecule has 0 radical (unpaired) electrons. The van der Waals surface area contributed by atoms with Crippen LogP contribution in [0, 0.1) is 22.7 Å². The molecule has 264 valence electrons. The van der Waals surface area contributed by atoms with E-state index in [1.807, 2.05) is 72.8 Å². The number of isocyanates is 1. The molecule has 55 heavy (non-hydrogen) atoms. The van der Waals surface area contributed by atoms with Crippen LogP contribution in [0.25, 0.3) is 17.1 Å². The third kappa shape index (κ3) is 7.81. The van der Waals surface area contributed by atoms with Crippen LogP contribution in [0.3, 0.4) is 0 Å². The summed E-state index contributed by atoms with van der Waals surface area (Å²) in [6.45, 7) is 0. The Morgan fingerprint density at radius 1 is 0.400 bits per heavy atom. The van der Waals surface area contributed by atoms with Gasteiger partial charge in [0.1, 0.15) is 0 Å². The number of hydrogen-bond acceptors (Lipinski definition) is 7. The number of carbonyl (C=O) groups excluding carboxylic acids is 1. The van der Waals surface area contributed by atoms with Gasteiger partial charge < -0.3 is 0 Å². The molecule has 0 aliphatic heterocycles. The zero-order valence-corrected chi connectivity index (χ0v) is 29.3.